The Kier molecular flexibility index (Phi) is 40.8. The number of rotatable bonds is 12. The minimum absolute atomic E-state index is 0.216. The number of aliphatic carboxylic acids is 3. The summed E-state index contributed by atoms with van der Waals surface area (Å²) in [5.74, 6) is -2.80. The predicted molar refractivity (Wildman–Crippen MR) is 97.9 cm³/mol. The van der Waals surface area contributed by atoms with E-state index < -0.39 is 17.9 Å². The number of unbranched alkanes of at least 4 members (excludes halogenated alkanes) is 6. The van der Waals surface area contributed by atoms with Gasteiger partial charge in [-0.25, -0.2) is 0 Å². The van der Waals surface area contributed by atoms with Gasteiger partial charge in [0, 0.05) is 17.9 Å². The first-order chi connectivity index (χ1) is 12.7. The van der Waals surface area contributed by atoms with Crippen LogP contribution in [0.2, 0.25) is 4.81 Å². The molecule has 0 rings (SSSR count). The molecule has 0 aliphatic rings. The van der Waals surface area contributed by atoms with E-state index in [-0.39, 0.29) is 19.3 Å². The van der Waals surface area contributed by atoms with E-state index in [1.54, 1.807) is 0 Å². The zero-order valence-corrected chi connectivity index (χ0v) is 19.6. The molecule has 7 heteroatoms. The summed E-state index contributed by atoms with van der Waals surface area (Å²) in [5.41, 5.74) is 0. The second kappa shape index (κ2) is 32.7. The number of hydrogen-bond donors (Lipinski definition) is 0. The normalized spacial score (nSPS) is 8.70. The van der Waals surface area contributed by atoms with Gasteiger partial charge in [0.2, 0.25) is 0 Å². The summed E-state index contributed by atoms with van der Waals surface area (Å²) in [7, 11) is 0. The van der Waals surface area contributed by atoms with Gasteiger partial charge in [-0.05, 0) is 38.5 Å². The van der Waals surface area contributed by atoms with Gasteiger partial charge in [-0.3, -0.25) is 0 Å². The van der Waals surface area contributed by atoms with E-state index in [1.807, 2.05) is 20.8 Å². The van der Waals surface area contributed by atoms with Crippen molar-refractivity contribution in [2.75, 3.05) is 0 Å². The Bertz CT molecular complexity index is 274. The van der Waals surface area contributed by atoms with Crippen molar-refractivity contribution in [2.45, 2.75) is 110 Å². The Hall–Kier alpha value is -0.902. The van der Waals surface area contributed by atoms with Gasteiger partial charge in [-0.1, -0.05) is 59.3 Å². The molecule has 160 valence electrons. The zero-order valence-electron chi connectivity index (χ0n) is 17.6. The maximum atomic E-state index is 9.76. The summed E-state index contributed by atoms with van der Waals surface area (Å²) in [5, 5.41) is 29.3. The predicted octanol–water partition coefficient (Wildman–Crippen LogP) is 1.92. The van der Waals surface area contributed by atoms with Crippen LogP contribution in [0.25, 0.3) is 0 Å². The van der Waals surface area contributed by atoms with E-state index in [2.05, 4.69) is 26.7 Å². The average molecular weight is 470 g/mol. The molecular weight excluding hydrogens is 432 g/mol. The fourth-order valence-electron chi connectivity index (χ4n) is 1.56. The first-order valence-corrected chi connectivity index (χ1v) is 11.3. The summed E-state index contributed by atoms with van der Waals surface area (Å²) >= 11 is 2.07. The second-order valence-electron chi connectivity index (χ2n) is 5.78. The Morgan fingerprint density at radius 2 is 0.741 bits per heavy atom. The van der Waals surface area contributed by atoms with Crippen LogP contribution in [-0.2, 0) is 34.2 Å². The van der Waals surface area contributed by atoms with Crippen molar-refractivity contribution >= 4 is 17.9 Å². The number of hydrogen-bond acceptors (Lipinski definition) is 6. The van der Waals surface area contributed by atoms with Gasteiger partial charge in [0.1, 0.15) is 0 Å². The SMILES string of the molecule is CCCCCC(=O)[O-].CCCCCC(=O)[O-].CCCCCC(=O)[O-].C[CH2][Mo+3]. The van der Waals surface area contributed by atoms with Crippen molar-refractivity contribution in [3.05, 3.63) is 0 Å². The van der Waals surface area contributed by atoms with Crippen molar-refractivity contribution in [2.24, 2.45) is 0 Å². The molecule has 0 aromatic heterocycles. The molecule has 0 heterocycles. The zero-order chi connectivity index (χ0) is 21.9. The van der Waals surface area contributed by atoms with E-state index in [4.69, 9.17) is 0 Å². The summed E-state index contributed by atoms with van der Waals surface area (Å²) in [6, 6.07) is 0. The van der Waals surface area contributed by atoms with Gasteiger partial charge < -0.3 is 29.7 Å². The Morgan fingerprint density at radius 3 is 0.852 bits per heavy atom. The van der Waals surface area contributed by atoms with Crippen LogP contribution in [0, 0.1) is 0 Å². The van der Waals surface area contributed by atoms with E-state index in [1.165, 1.54) is 4.81 Å². The molecule has 0 unspecified atom stereocenters. The molecule has 6 nitrogen and oxygen atoms in total. The third-order valence-electron chi connectivity index (χ3n) is 2.95. The van der Waals surface area contributed by atoms with Crippen LogP contribution >= 0.6 is 0 Å². The van der Waals surface area contributed by atoms with Crippen molar-refractivity contribution < 1.29 is 49.5 Å². The monoisotopic (exact) mass is 472 g/mol. The number of carboxylic acids is 3. The fourth-order valence-corrected chi connectivity index (χ4v) is 1.56. The van der Waals surface area contributed by atoms with Crippen molar-refractivity contribution in [1.29, 1.82) is 0 Å². The van der Waals surface area contributed by atoms with Gasteiger partial charge >= 0.3 is 31.5 Å². The maximum absolute atomic E-state index is 9.76. The van der Waals surface area contributed by atoms with E-state index in [0.717, 1.165) is 57.8 Å². The van der Waals surface area contributed by atoms with Crippen LogP contribution in [0.4, 0.5) is 0 Å². The Morgan fingerprint density at radius 1 is 0.556 bits per heavy atom. The third kappa shape index (κ3) is 67.4. The second-order valence-corrected chi connectivity index (χ2v) is 7.20. The molecular formula is C20H38MoO6. The van der Waals surface area contributed by atoms with Crippen LogP contribution in [-0.4, -0.2) is 17.9 Å². The van der Waals surface area contributed by atoms with Crippen LogP contribution in [0.15, 0.2) is 0 Å². The van der Waals surface area contributed by atoms with Crippen molar-refractivity contribution in [3.8, 4) is 0 Å². The van der Waals surface area contributed by atoms with Crippen molar-refractivity contribution in [1.82, 2.24) is 0 Å². The molecule has 0 aromatic rings. The molecule has 0 bridgehead atoms. The number of carbonyl (C=O) groups is 3. The summed E-state index contributed by atoms with van der Waals surface area (Å²) < 4.78 is 0. The van der Waals surface area contributed by atoms with Crippen molar-refractivity contribution in [3.63, 3.8) is 0 Å². The van der Waals surface area contributed by atoms with Crippen LogP contribution in [0.5, 0.6) is 0 Å². The van der Waals surface area contributed by atoms with Gasteiger partial charge in [0.25, 0.3) is 0 Å². The Labute approximate surface area is 177 Å². The molecule has 0 aliphatic carbocycles. The minimum atomic E-state index is -0.932. The van der Waals surface area contributed by atoms with Crippen LogP contribution < -0.4 is 15.3 Å². The summed E-state index contributed by atoms with van der Waals surface area (Å²) in [6.07, 6.45) is 9.11. The first kappa shape index (κ1) is 33.7. The molecule has 0 fully saturated rings. The standard InChI is InChI=1S/3C6H12O2.C2H5.Mo/c3*1-2-3-4-5-6(7)8;1-2;/h3*2-5H2,1H3,(H,7,8);1H2,2H3;/q;;;;+3/p-3. The van der Waals surface area contributed by atoms with Crippen LogP contribution in [0.3, 0.4) is 0 Å². The van der Waals surface area contributed by atoms with E-state index >= 15 is 0 Å². The quantitative estimate of drug-likeness (QED) is 0.317. The molecule has 0 aliphatic heterocycles. The molecule has 0 N–H and O–H groups in total. The van der Waals surface area contributed by atoms with Gasteiger partial charge in [-0.2, -0.15) is 0 Å². The third-order valence-corrected chi connectivity index (χ3v) is 2.95. The van der Waals surface area contributed by atoms with Gasteiger partial charge in [0.05, 0.1) is 0 Å². The molecule has 0 amide bonds. The van der Waals surface area contributed by atoms with E-state index in [9.17, 15) is 29.7 Å². The molecule has 0 saturated heterocycles. The molecule has 0 spiro atoms. The number of carboxylic acid groups (broad SMARTS) is 3. The molecule has 27 heavy (non-hydrogen) atoms. The average Bonchev–Trinajstić information content (AvgIpc) is 2.57. The van der Waals surface area contributed by atoms with Gasteiger partial charge in [-0.15, -0.1) is 0 Å². The van der Waals surface area contributed by atoms with Gasteiger partial charge in [0.15, 0.2) is 0 Å². The fraction of sp³-hybridized carbons (Fsp3) is 0.850. The molecule has 0 atom stereocenters. The topological polar surface area (TPSA) is 120 Å². The van der Waals surface area contributed by atoms with E-state index in [0.29, 0.717) is 0 Å². The summed E-state index contributed by atoms with van der Waals surface area (Å²) in [4.78, 5) is 30.5. The molecule has 0 radical (unpaired) electrons. The molecule has 0 aromatic carbocycles. The first-order valence-electron chi connectivity index (χ1n) is 9.90. The Balaban J connectivity index is -0.000000137. The summed E-state index contributed by atoms with van der Waals surface area (Å²) in [6.45, 7) is 8.24. The van der Waals surface area contributed by atoms with Crippen LogP contribution in [0.1, 0.15) is 105 Å². The number of carbonyl (C=O) groups excluding carboxylic acids is 3. The molecule has 0 saturated carbocycles.